The molecule has 0 unspecified atom stereocenters. The van der Waals surface area contributed by atoms with Crippen LogP contribution in [0.1, 0.15) is 16.8 Å². The Morgan fingerprint density at radius 3 is 2.73 bits per heavy atom. The lowest BCUT2D eigenvalue weighted by molar-refractivity contribution is -0.384. The van der Waals surface area contributed by atoms with E-state index in [2.05, 4.69) is 15.9 Å². The summed E-state index contributed by atoms with van der Waals surface area (Å²) in [6.07, 6.45) is 0.304. The Labute approximate surface area is 99.5 Å². The Morgan fingerprint density at radius 1 is 1.53 bits per heavy atom. The number of hydrogen-bond donors (Lipinski definition) is 0. The fourth-order valence-corrected chi connectivity index (χ4v) is 1.60. The van der Waals surface area contributed by atoms with Crippen LogP contribution in [-0.2, 0) is 0 Å². The van der Waals surface area contributed by atoms with Crippen LogP contribution in [0.4, 0.5) is 5.69 Å². The summed E-state index contributed by atoms with van der Waals surface area (Å²) in [4.78, 5) is 21.4. The topological polar surface area (TPSA) is 60.2 Å². The fraction of sp³-hybridized carbons (Fsp3) is 0.222. The molecule has 1 aromatic carbocycles. The summed E-state index contributed by atoms with van der Waals surface area (Å²) in [5, 5.41) is 11.1. The summed E-state index contributed by atoms with van der Waals surface area (Å²) in [7, 11) is 0. The Balaban J connectivity index is 3.07. The fourth-order valence-electron chi connectivity index (χ4n) is 1.06. The first-order chi connectivity index (χ1) is 7.06. The molecule has 80 valence electrons. The van der Waals surface area contributed by atoms with Gasteiger partial charge in [-0.2, -0.15) is 0 Å². The molecular weight excluding hydrogens is 285 g/mol. The van der Waals surface area contributed by atoms with Crippen LogP contribution in [0.3, 0.4) is 0 Å². The van der Waals surface area contributed by atoms with Crippen molar-refractivity contribution < 1.29 is 9.72 Å². The molecule has 0 aliphatic rings. The van der Waals surface area contributed by atoms with E-state index in [1.807, 2.05) is 0 Å². The Hall–Kier alpha value is -0.940. The number of rotatable bonds is 4. The van der Waals surface area contributed by atoms with E-state index in [0.717, 1.165) is 0 Å². The maximum atomic E-state index is 11.4. The van der Waals surface area contributed by atoms with Crippen molar-refractivity contribution in [2.24, 2.45) is 0 Å². The maximum Gasteiger partial charge on any atom is 0.288 e. The first-order valence-corrected chi connectivity index (χ1v) is 5.59. The van der Waals surface area contributed by atoms with Gasteiger partial charge in [0.25, 0.3) is 5.69 Å². The SMILES string of the molecule is O=C(CCBr)c1ccc(Cl)c([N+](=O)[O-])c1. The van der Waals surface area contributed by atoms with Gasteiger partial charge in [0.2, 0.25) is 0 Å². The lowest BCUT2D eigenvalue weighted by Gasteiger charge is -2.00. The zero-order valence-corrected chi connectivity index (χ0v) is 9.92. The first kappa shape index (κ1) is 12.1. The van der Waals surface area contributed by atoms with E-state index < -0.39 is 4.92 Å². The van der Waals surface area contributed by atoms with Gasteiger partial charge in [-0.25, -0.2) is 0 Å². The van der Waals surface area contributed by atoms with E-state index in [1.165, 1.54) is 18.2 Å². The molecule has 6 heteroatoms. The molecule has 4 nitrogen and oxygen atoms in total. The molecule has 0 N–H and O–H groups in total. The third-order valence-electron chi connectivity index (χ3n) is 1.79. The van der Waals surface area contributed by atoms with E-state index in [4.69, 9.17) is 11.6 Å². The van der Waals surface area contributed by atoms with Crippen molar-refractivity contribution in [1.82, 2.24) is 0 Å². The maximum absolute atomic E-state index is 11.4. The Morgan fingerprint density at radius 2 is 2.20 bits per heavy atom. The smallest absolute Gasteiger partial charge is 0.288 e. The number of nitrogens with zero attached hydrogens (tertiary/aromatic N) is 1. The van der Waals surface area contributed by atoms with Crippen LogP contribution < -0.4 is 0 Å². The minimum atomic E-state index is -0.604. The van der Waals surface area contributed by atoms with Gasteiger partial charge in [-0.1, -0.05) is 27.5 Å². The predicted molar refractivity (Wildman–Crippen MR) is 60.8 cm³/mol. The van der Waals surface area contributed by atoms with Gasteiger partial charge in [0.05, 0.1) is 4.92 Å². The number of alkyl halides is 1. The number of carbonyl (C=O) groups is 1. The Bertz CT molecular complexity index is 408. The van der Waals surface area contributed by atoms with Crippen LogP contribution in [0.5, 0.6) is 0 Å². The number of carbonyl (C=O) groups excluding carboxylic acids is 1. The van der Waals surface area contributed by atoms with Gasteiger partial charge in [-0.05, 0) is 12.1 Å². The number of nitro groups is 1. The van der Waals surface area contributed by atoms with Crippen molar-refractivity contribution in [1.29, 1.82) is 0 Å². The summed E-state index contributed by atoms with van der Waals surface area (Å²) in [6.45, 7) is 0. The van der Waals surface area contributed by atoms with E-state index in [1.54, 1.807) is 0 Å². The molecule has 0 heterocycles. The van der Waals surface area contributed by atoms with Crippen LogP contribution in [-0.4, -0.2) is 16.0 Å². The van der Waals surface area contributed by atoms with E-state index in [0.29, 0.717) is 17.3 Å². The second kappa shape index (κ2) is 5.23. The molecule has 0 aliphatic heterocycles. The van der Waals surface area contributed by atoms with Gasteiger partial charge in [0.15, 0.2) is 5.78 Å². The summed E-state index contributed by atoms with van der Waals surface area (Å²) >= 11 is 8.74. The largest absolute Gasteiger partial charge is 0.294 e. The Kier molecular flexibility index (Phi) is 4.23. The number of Topliss-reactive ketones (excluding diaryl/α,β-unsaturated/α-hetero) is 1. The highest BCUT2D eigenvalue weighted by Crippen LogP contribution is 2.25. The van der Waals surface area contributed by atoms with Crippen molar-refractivity contribution in [3.8, 4) is 0 Å². The minimum Gasteiger partial charge on any atom is -0.294 e. The molecule has 1 aromatic rings. The summed E-state index contributed by atoms with van der Waals surface area (Å²) in [5.74, 6) is -0.147. The third kappa shape index (κ3) is 3.00. The van der Waals surface area contributed by atoms with Crippen molar-refractivity contribution >= 4 is 39.0 Å². The van der Waals surface area contributed by atoms with Gasteiger partial charge < -0.3 is 0 Å². The number of ketones is 1. The number of nitro benzene ring substituents is 1. The highest BCUT2D eigenvalue weighted by molar-refractivity contribution is 9.09. The van der Waals surface area contributed by atoms with E-state index >= 15 is 0 Å². The second-order valence-electron chi connectivity index (χ2n) is 2.79. The van der Waals surface area contributed by atoms with Gasteiger partial charge in [-0.3, -0.25) is 14.9 Å². The van der Waals surface area contributed by atoms with Gasteiger partial charge in [0, 0.05) is 23.4 Å². The highest BCUT2D eigenvalue weighted by atomic mass is 79.9. The molecule has 0 aromatic heterocycles. The molecule has 15 heavy (non-hydrogen) atoms. The van der Waals surface area contributed by atoms with Crippen molar-refractivity contribution in [2.45, 2.75) is 6.42 Å². The molecule has 0 radical (unpaired) electrons. The van der Waals surface area contributed by atoms with Crippen LogP contribution in [0.2, 0.25) is 5.02 Å². The summed E-state index contributed by atoms with van der Waals surface area (Å²) in [5.41, 5.74) is 0.0719. The summed E-state index contributed by atoms with van der Waals surface area (Å²) < 4.78 is 0. The standard InChI is InChI=1S/C9H7BrClNO3/c10-4-3-9(13)6-1-2-7(11)8(5-6)12(14)15/h1-2,5H,3-4H2. The summed E-state index contributed by atoms with van der Waals surface area (Å²) in [6, 6.07) is 4.05. The van der Waals surface area contributed by atoms with Gasteiger partial charge >= 0.3 is 0 Å². The highest BCUT2D eigenvalue weighted by Gasteiger charge is 2.15. The van der Waals surface area contributed by atoms with Crippen LogP contribution in [0.25, 0.3) is 0 Å². The lowest BCUT2D eigenvalue weighted by atomic mass is 10.1. The second-order valence-corrected chi connectivity index (χ2v) is 3.99. The first-order valence-electron chi connectivity index (χ1n) is 4.09. The molecule has 0 fully saturated rings. The third-order valence-corrected chi connectivity index (χ3v) is 2.50. The van der Waals surface area contributed by atoms with Crippen molar-refractivity contribution in [2.75, 3.05) is 5.33 Å². The van der Waals surface area contributed by atoms with Crippen LogP contribution in [0.15, 0.2) is 18.2 Å². The van der Waals surface area contributed by atoms with Gasteiger partial charge in [0.1, 0.15) is 5.02 Å². The van der Waals surface area contributed by atoms with E-state index in [9.17, 15) is 14.9 Å². The molecule has 0 amide bonds. The van der Waals surface area contributed by atoms with Crippen LogP contribution in [0, 0.1) is 10.1 Å². The average molecular weight is 293 g/mol. The monoisotopic (exact) mass is 291 g/mol. The number of halogens is 2. The molecular formula is C9H7BrClNO3. The zero-order chi connectivity index (χ0) is 11.4. The molecule has 0 saturated carbocycles. The minimum absolute atomic E-state index is 0.0374. The van der Waals surface area contributed by atoms with Gasteiger partial charge in [-0.15, -0.1) is 0 Å². The molecule has 0 saturated heterocycles. The molecule has 0 atom stereocenters. The molecule has 1 rings (SSSR count). The number of benzene rings is 1. The number of hydrogen-bond acceptors (Lipinski definition) is 3. The molecule has 0 spiro atoms. The van der Waals surface area contributed by atoms with Crippen molar-refractivity contribution in [3.63, 3.8) is 0 Å². The van der Waals surface area contributed by atoms with Crippen molar-refractivity contribution in [3.05, 3.63) is 38.9 Å². The molecule has 0 bridgehead atoms. The van der Waals surface area contributed by atoms with Crippen LogP contribution >= 0.6 is 27.5 Å². The quantitative estimate of drug-likeness (QED) is 0.370. The zero-order valence-electron chi connectivity index (χ0n) is 7.57. The lowest BCUT2D eigenvalue weighted by Crippen LogP contribution is -2.00. The average Bonchev–Trinajstić information content (AvgIpc) is 2.18. The van der Waals surface area contributed by atoms with E-state index in [-0.39, 0.29) is 16.5 Å². The predicted octanol–water partition coefficient (Wildman–Crippen LogP) is 3.22. The molecule has 0 aliphatic carbocycles. The normalized spacial score (nSPS) is 10.0.